The van der Waals surface area contributed by atoms with Gasteiger partial charge >= 0.3 is 11.9 Å². The van der Waals surface area contributed by atoms with Crippen LogP contribution in [-0.4, -0.2) is 39.7 Å². The summed E-state index contributed by atoms with van der Waals surface area (Å²) in [6, 6.07) is 0. The minimum Gasteiger partial charge on any atom is -0.481 e. The maximum absolute atomic E-state index is 11.4. The first-order valence-corrected chi connectivity index (χ1v) is 19.6. The van der Waals surface area contributed by atoms with E-state index in [4.69, 9.17) is 14.9 Å². The van der Waals surface area contributed by atoms with Gasteiger partial charge in [0.15, 0.2) is 0 Å². The molecule has 45 heavy (non-hydrogen) atoms. The van der Waals surface area contributed by atoms with Crippen molar-refractivity contribution in [2.75, 3.05) is 0 Å². The van der Waals surface area contributed by atoms with Crippen LogP contribution in [0.2, 0.25) is 0 Å². The fourth-order valence-corrected chi connectivity index (χ4v) is 5.58. The molecule has 270 valence electrons. The topological polar surface area (TPSA) is 104 Å². The SMILES string of the molecule is CCCCCCCCCCCCCCCCCC(=O)O.CCCCCCCCCCCCCCCCCC(=O)OC(O)C(C)O. The van der Waals surface area contributed by atoms with Crippen molar-refractivity contribution in [3.05, 3.63) is 0 Å². The number of aliphatic hydroxyl groups excluding tert-OH is 2. The second-order valence-corrected chi connectivity index (χ2v) is 13.4. The van der Waals surface area contributed by atoms with Gasteiger partial charge in [-0.1, -0.05) is 194 Å². The Morgan fingerprint density at radius 1 is 0.444 bits per heavy atom. The largest absolute Gasteiger partial charge is 0.481 e. The number of carbonyl (C=O) groups excluding carboxylic acids is 1. The molecule has 3 N–H and O–H groups in total. The van der Waals surface area contributed by atoms with Crippen LogP contribution in [0.4, 0.5) is 0 Å². The Balaban J connectivity index is 0. The molecule has 0 spiro atoms. The summed E-state index contributed by atoms with van der Waals surface area (Å²) in [6.45, 7) is 5.93. The summed E-state index contributed by atoms with van der Waals surface area (Å²) in [6.07, 6.45) is 37.4. The highest BCUT2D eigenvalue weighted by atomic mass is 16.6. The van der Waals surface area contributed by atoms with Crippen LogP contribution in [0.1, 0.15) is 226 Å². The summed E-state index contributed by atoms with van der Waals surface area (Å²) in [7, 11) is 0. The third-order valence-corrected chi connectivity index (χ3v) is 8.64. The number of ether oxygens (including phenoxy) is 1. The van der Waals surface area contributed by atoms with Crippen molar-refractivity contribution in [2.24, 2.45) is 0 Å². The van der Waals surface area contributed by atoms with Gasteiger partial charge < -0.3 is 20.1 Å². The van der Waals surface area contributed by atoms with E-state index in [1.54, 1.807) is 0 Å². The van der Waals surface area contributed by atoms with Gasteiger partial charge in [-0.2, -0.15) is 0 Å². The van der Waals surface area contributed by atoms with Crippen LogP contribution < -0.4 is 0 Å². The first kappa shape index (κ1) is 46.0. The Morgan fingerprint density at radius 3 is 0.933 bits per heavy atom. The van der Waals surface area contributed by atoms with Crippen molar-refractivity contribution < 1.29 is 29.6 Å². The zero-order chi connectivity index (χ0) is 33.6. The van der Waals surface area contributed by atoms with E-state index in [0.29, 0.717) is 12.8 Å². The highest BCUT2D eigenvalue weighted by Crippen LogP contribution is 2.15. The molecule has 0 fully saturated rings. The average molecular weight is 643 g/mol. The van der Waals surface area contributed by atoms with Crippen molar-refractivity contribution in [3.8, 4) is 0 Å². The van der Waals surface area contributed by atoms with E-state index in [2.05, 4.69) is 13.8 Å². The van der Waals surface area contributed by atoms with E-state index < -0.39 is 24.3 Å². The van der Waals surface area contributed by atoms with E-state index in [1.807, 2.05) is 0 Å². The average Bonchev–Trinajstić information content (AvgIpc) is 3.01. The Labute approximate surface area is 279 Å². The minimum absolute atomic E-state index is 0.321. The molecule has 2 unspecified atom stereocenters. The van der Waals surface area contributed by atoms with Gasteiger partial charge in [-0.25, -0.2) is 0 Å². The van der Waals surface area contributed by atoms with Crippen LogP contribution in [0, 0.1) is 0 Å². The molecule has 6 nitrogen and oxygen atoms in total. The number of rotatable bonds is 34. The van der Waals surface area contributed by atoms with Crippen LogP contribution in [0.5, 0.6) is 0 Å². The van der Waals surface area contributed by atoms with Gasteiger partial charge in [0.05, 0.1) is 0 Å². The fourth-order valence-electron chi connectivity index (χ4n) is 5.58. The predicted octanol–water partition coefficient (Wildman–Crippen LogP) is 11.8. The zero-order valence-electron chi connectivity index (χ0n) is 30.3. The van der Waals surface area contributed by atoms with Gasteiger partial charge in [0.25, 0.3) is 0 Å². The number of carboxylic acids is 1. The first-order chi connectivity index (χ1) is 21.8. The maximum atomic E-state index is 11.4. The van der Waals surface area contributed by atoms with Crippen molar-refractivity contribution >= 4 is 11.9 Å². The number of unbranched alkanes of at least 4 members (excludes halogenated alkanes) is 28. The van der Waals surface area contributed by atoms with Gasteiger partial charge in [0.2, 0.25) is 6.29 Å². The number of aliphatic carboxylic acids is 1. The van der Waals surface area contributed by atoms with Gasteiger partial charge in [-0.3, -0.25) is 9.59 Å². The molecule has 0 amide bonds. The smallest absolute Gasteiger partial charge is 0.308 e. The lowest BCUT2D eigenvalue weighted by Crippen LogP contribution is -2.28. The molecule has 0 saturated heterocycles. The lowest BCUT2D eigenvalue weighted by Gasteiger charge is -2.14. The summed E-state index contributed by atoms with van der Waals surface area (Å²) in [5.74, 6) is -1.08. The normalized spacial score (nSPS) is 12.4. The number of hydrogen-bond acceptors (Lipinski definition) is 5. The van der Waals surface area contributed by atoms with E-state index in [9.17, 15) is 14.7 Å². The second kappa shape index (κ2) is 39.0. The third-order valence-electron chi connectivity index (χ3n) is 8.64. The van der Waals surface area contributed by atoms with Crippen molar-refractivity contribution in [1.82, 2.24) is 0 Å². The second-order valence-electron chi connectivity index (χ2n) is 13.4. The van der Waals surface area contributed by atoms with Crippen LogP contribution in [0.15, 0.2) is 0 Å². The lowest BCUT2D eigenvalue weighted by atomic mass is 10.0. The number of carbonyl (C=O) groups is 2. The Bertz CT molecular complexity index is 594. The molecular weight excluding hydrogens is 564 g/mol. The molecule has 0 rings (SSSR count). The first-order valence-electron chi connectivity index (χ1n) is 19.6. The van der Waals surface area contributed by atoms with Crippen LogP contribution >= 0.6 is 0 Å². The molecule has 0 radical (unpaired) electrons. The Hall–Kier alpha value is -1.14. The van der Waals surface area contributed by atoms with E-state index >= 15 is 0 Å². The summed E-state index contributed by atoms with van der Waals surface area (Å²) < 4.78 is 4.70. The Kier molecular flexibility index (Phi) is 39.9. The number of aliphatic hydroxyl groups is 2. The minimum atomic E-state index is -1.40. The lowest BCUT2D eigenvalue weighted by molar-refractivity contribution is -0.184. The molecule has 0 heterocycles. The quantitative estimate of drug-likeness (QED) is 0.0366. The van der Waals surface area contributed by atoms with Gasteiger partial charge in [-0.15, -0.1) is 0 Å². The summed E-state index contributed by atoms with van der Waals surface area (Å²) in [5.41, 5.74) is 0. The number of esters is 1. The monoisotopic (exact) mass is 643 g/mol. The molecule has 0 aromatic rings. The maximum Gasteiger partial charge on any atom is 0.308 e. The number of hydrogen-bond donors (Lipinski definition) is 3. The van der Waals surface area contributed by atoms with Crippen LogP contribution in [-0.2, 0) is 14.3 Å². The molecule has 0 aliphatic rings. The highest BCUT2D eigenvalue weighted by molar-refractivity contribution is 5.69. The molecule has 2 atom stereocenters. The van der Waals surface area contributed by atoms with Crippen LogP contribution in [0.25, 0.3) is 0 Å². The summed E-state index contributed by atoms with van der Waals surface area (Å²) in [5, 5.41) is 26.8. The van der Waals surface area contributed by atoms with Gasteiger partial charge in [0, 0.05) is 12.8 Å². The van der Waals surface area contributed by atoms with E-state index in [1.165, 1.54) is 167 Å². The van der Waals surface area contributed by atoms with Crippen molar-refractivity contribution in [3.63, 3.8) is 0 Å². The standard InChI is InChI=1S/C21H42O4.C18H36O2/c1-3-4-5-6-7-8-9-10-11-12-13-14-15-16-17-18-20(23)25-21(24)19(2)22;1-2-3-4-5-6-7-8-9-10-11-12-13-14-15-16-17-18(19)20/h19,21-22,24H,3-18H2,1-2H3;2-17H2,1H3,(H,19,20). The van der Waals surface area contributed by atoms with E-state index in [0.717, 1.165) is 32.1 Å². The molecule has 0 aliphatic carbocycles. The fraction of sp³-hybridized carbons (Fsp3) is 0.949. The van der Waals surface area contributed by atoms with Crippen LogP contribution in [0.3, 0.4) is 0 Å². The zero-order valence-corrected chi connectivity index (χ0v) is 30.3. The molecule has 0 aliphatic heterocycles. The van der Waals surface area contributed by atoms with Crippen molar-refractivity contribution in [2.45, 2.75) is 239 Å². The molecule has 0 aromatic heterocycles. The Morgan fingerprint density at radius 2 is 0.689 bits per heavy atom. The predicted molar refractivity (Wildman–Crippen MR) is 191 cm³/mol. The van der Waals surface area contributed by atoms with E-state index in [-0.39, 0.29) is 0 Å². The highest BCUT2D eigenvalue weighted by Gasteiger charge is 2.15. The third kappa shape index (κ3) is 42.9. The van der Waals surface area contributed by atoms with Gasteiger partial charge in [0.1, 0.15) is 6.10 Å². The summed E-state index contributed by atoms with van der Waals surface area (Å²) in [4.78, 5) is 21.7. The number of carboxylic acid groups (broad SMARTS) is 1. The summed E-state index contributed by atoms with van der Waals surface area (Å²) >= 11 is 0. The molecule has 0 saturated carbocycles. The van der Waals surface area contributed by atoms with Gasteiger partial charge in [-0.05, 0) is 19.8 Å². The van der Waals surface area contributed by atoms with Crippen molar-refractivity contribution in [1.29, 1.82) is 0 Å². The molecule has 0 bridgehead atoms. The molecular formula is C39H78O6. The molecule has 0 aromatic carbocycles. The molecule has 6 heteroatoms.